The number of nitrogens with zero attached hydrogens (tertiary/aromatic N) is 2. The monoisotopic (exact) mass is 369 g/mol. The second-order valence-corrected chi connectivity index (χ2v) is 7.28. The molecule has 2 heterocycles. The van der Waals surface area contributed by atoms with E-state index in [1.54, 1.807) is 0 Å². The van der Waals surface area contributed by atoms with Crippen molar-refractivity contribution in [3.63, 3.8) is 0 Å². The molecule has 0 bridgehead atoms. The Hall–Kier alpha value is -3.34. The number of H-pyrrole nitrogens is 1. The molecule has 0 aliphatic heterocycles. The summed E-state index contributed by atoms with van der Waals surface area (Å²) in [7, 11) is 0. The fraction of sp³-hybridized carbons (Fsp3) is 0.217. The lowest BCUT2D eigenvalue weighted by Gasteiger charge is -2.11. The van der Waals surface area contributed by atoms with Crippen molar-refractivity contribution in [3.8, 4) is 11.3 Å². The summed E-state index contributed by atoms with van der Waals surface area (Å²) in [6.07, 6.45) is 5.42. The molecule has 5 rings (SSSR count). The molecule has 0 unspecified atom stereocenters. The molecule has 140 valence electrons. The van der Waals surface area contributed by atoms with Gasteiger partial charge in [-0.1, -0.05) is 48.5 Å². The van der Waals surface area contributed by atoms with Crippen LogP contribution < -0.4 is 10.6 Å². The van der Waals surface area contributed by atoms with Crippen molar-refractivity contribution in [2.45, 2.75) is 25.3 Å². The molecule has 1 aliphatic carbocycles. The molecule has 5 nitrogen and oxygen atoms in total. The average molecular weight is 369 g/mol. The molecule has 2 aromatic heterocycles. The summed E-state index contributed by atoms with van der Waals surface area (Å²) in [5, 5.41) is 8.20. The van der Waals surface area contributed by atoms with Crippen LogP contribution in [-0.4, -0.2) is 27.5 Å². The Balaban J connectivity index is 1.34. The maximum atomic E-state index is 4.72. The Morgan fingerprint density at radius 1 is 0.964 bits per heavy atom. The van der Waals surface area contributed by atoms with Crippen molar-refractivity contribution in [2.24, 2.45) is 0 Å². The summed E-state index contributed by atoms with van der Waals surface area (Å²) in [5.74, 6) is 1.57. The van der Waals surface area contributed by atoms with Gasteiger partial charge in [0.1, 0.15) is 5.82 Å². The minimum atomic E-state index is 0.519. The molecule has 5 heteroatoms. The summed E-state index contributed by atoms with van der Waals surface area (Å²) in [5.41, 5.74) is 4.54. The third-order valence-corrected chi connectivity index (χ3v) is 5.08. The molecule has 3 N–H and O–H groups in total. The highest BCUT2D eigenvalue weighted by molar-refractivity contribution is 5.83. The normalized spacial score (nSPS) is 13.6. The van der Waals surface area contributed by atoms with Crippen molar-refractivity contribution in [3.05, 3.63) is 72.4 Å². The van der Waals surface area contributed by atoms with Gasteiger partial charge in [-0.25, -0.2) is 4.98 Å². The molecule has 2 aromatic carbocycles. The van der Waals surface area contributed by atoms with Crippen molar-refractivity contribution in [2.75, 3.05) is 17.2 Å². The van der Waals surface area contributed by atoms with E-state index in [4.69, 9.17) is 4.98 Å². The van der Waals surface area contributed by atoms with E-state index >= 15 is 0 Å². The Morgan fingerprint density at radius 3 is 2.64 bits per heavy atom. The van der Waals surface area contributed by atoms with Crippen LogP contribution in [0.1, 0.15) is 18.4 Å². The number of hydrogen-bond acceptors (Lipinski definition) is 4. The van der Waals surface area contributed by atoms with E-state index in [2.05, 4.69) is 63.2 Å². The molecule has 1 aliphatic rings. The van der Waals surface area contributed by atoms with Crippen LogP contribution >= 0.6 is 0 Å². The van der Waals surface area contributed by atoms with E-state index in [9.17, 15) is 0 Å². The number of nitrogens with one attached hydrogen (secondary N) is 3. The van der Waals surface area contributed by atoms with Crippen LogP contribution in [0.15, 0.2) is 66.9 Å². The van der Waals surface area contributed by atoms with E-state index in [0.29, 0.717) is 12.0 Å². The first-order valence-electron chi connectivity index (χ1n) is 9.85. The zero-order chi connectivity index (χ0) is 18.8. The van der Waals surface area contributed by atoms with Gasteiger partial charge < -0.3 is 15.6 Å². The second kappa shape index (κ2) is 7.35. The van der Waals surface area contributed by atoms with Gasteiger partial charge in [-0.2, -0.15) is 4.98 Å². The minimum Gasteiger partial charge on any atom is -0.370 e. The van der Waals surface area contributed by atoms with E-state index in [-0.39, 0.29) is 0 Å². The van der Waals surface area contributed by atoms with E-state index in [1.807, 2.05) is 24.3 Å². The van der Waals surface area contributed by atoms with E-state index < -0.39 is 0 Å². The fourth-order valence-corrected chi connectivity index (χ4v) is 3.43. The first-order chi connectivity index (χ1) is 13.8. The summed E-state index contributed by atoms with van der Waals surface area (Å²) >= 11 is 0. The summed E-state index contributed by atoms with van der Waals surface area (Å²) in [4.78, 5) is 12.7. The van der Waals surface area contributed by atoms with Gasteiger partial charge in [-0.05, 0) is 30.9 Å². The fourth-order valence-electron chi connectivity index (χ4n) is 3.43. The lowest BCUT2D eigenvalue weighted by Crippen LogP contribution is -2.11. The molecule has 28 heavy (non-hydrogen) atoms. The van der Waals surface area contributed by atoms with Crippen molar-refractivity contribution in [1.82, 2.24) is 15.0 Å². The minimum absolute atomic E-state index is 0.519. The second-order valence-electron chi connectivity index (χ2n) is 7.28. The molecule has 0 radical (unpaired) electrons. The number of benzene rings is 2. The van der Waals surface area contributed by atoms with Gasteiger partial charge in [0.05, 0.1) is 5.69 Å². The Bertz CT molecular complexity index is 1080. The maximum Gasteiger partial charge on any atom is 0.225 e. The predicted molar refractivity (Wildman–Crippen MR) is 115 cm³/mol. The number of fused-ring (bicyclic) bond motifs is 1. The van der Waals surface area contributed by atoms with Crippen molar-refractivity contribution in [1.29, 1.82) is 0 Å². The van der Waals surface area contributed by atoms with Gasteiger partial charge >= 0.3 is 0 Å². The zero-order valence-corrected chi connectivity index (χ0v) is 15.7. The van der Waals surface area contributed by atoms with Crippen LogP contribution in [-0.2, 0) is 6.42 Å². The number of hydrogen-bond donors (Lipinski definition) is 3. The first kappa shape index (κ1) is 16.8. The lowest BCUT2D eigenvalue weighted by molar-refractivity contribution is 0.997. The highest BCUT2D eigenvalue weighted by Crippen LogP contribution is 2.26. The molecule has 4 aromatic rings. The third-order valence-electron chi connectivity index (χ3n) is 5.08. The molecule has 1 saturated carbocycles. The van der Waals surface area contributed by atoms with Crippen LogP contribution in [0.2, 0.25) is 0 Å². The molecule has 0 amide bonds. The van der Waals surface area contributed by atoms with Crippen molar-refractivity contribution < 1.29 is 0 Å². The van der Waals surface area contributed by atoms with Crippen LogP contribution in [0, 0.1) is 0 Å². The summed E-state index contributed by atoms with van der Waals surface area (Å²) in [6, 6.07) is 21.2. The summed E-state index contributed by atoms with van der Waals surface area (Å²) < 4.78 is 0. The highest BCUT2D eigenvalue weighted by Gasteiger charge is 2.22. The van der Waals surface area contributed by atoms with Crippen LogP contribution in [0.5, 0.6) is 0 Å². The number of aromatic nitrogens is 3. The van der Waals surface area contributed by atoms with Gasteiger partial charge in [-0.15, -0.1) is 0 Å². The smallest absolute Gasteiger partial charge is 0.225 e. The number of para-hydroxylation sites is 1. The lowest BCUT2D eigenvalue weighted by atomic mass is 10.1. The SMILES string of the molecule is c1ccc(-c2cc(NCCc3c[nH]c4ccccc34)nc(NC3CC3)n2)cc1. The average Bonchev–Trinajstić information content (AvgIpc) is 3.46. The predicted octanol–water partition coefficient (Wildman–Crippen LogP) is 4.85. The highest BCUT2D eigenvalue weighted by atomic mass is 15.2. The van der Waals surface area contributed by atoms with E-state index in [0.717, 1.165) is 30.0 Å². The number of anilines is 2. The van der Waals surface area contributed by atoms with Crippen LogP contribution in [0.25, 0.3) is 22.2 Å². The first-order valence-corrected chi connectivity index (χ1v) is 9.85. The molecule has 1 fully saturated rings. The largest absolute Gasteiger partial charge is 0.370 e. The number of rotatable bonds is 7. The molecular formula is C23H23N5. The Kier molecular flexibility index (Phi) is 4.41. The van der Waals surface area contributed by atoms with Gasteiger partial charge in [0.2, 0.25) is 5.95 Å². The quantitative estimate of drug-likeness (QED) is 0.435. The van der Waals surface area contributed by atoms with Gasteiger partial charge in [0, 0.05) is 41.3 Å². The molecule has 0 spiro atoms. The topological polar surface area (TPSA) is 65.6 Å². The molecule has 0 saturated heterocycles. The van der Waals surface area contributed by atoms with Crippen LogP contribution in [0.4, 0.5) is 11.8 Å². The maximum absolute atomic E-state index is 4.72. The number of aromatic amines is 1. The zero-order valence-electron chi connectivity index (χ0n) is 15.7. The standard InChI is InChI=1S/C23H23N5/c1-2-6-16(7-3-1)21-14-22(28-23(27-21)26-18-10-11-18)24-13-12-17-15-25-20-9-5-4-8-19(17)20/h1-9,14-15,18,25H,10-13H2,(H2,24,26,27,28). The Morgan fingerprint density at radius 2 is 1.79 bits per heavy atom. The Labute approximate surface area is 164 Å². The van der Waals surface area contributed by atoms with Crippen molar-refractivity contribution >= 4 is 22.7 Å². The van der Waals surface area contributed by atoms with Gasteiger partial charge in [0.15, 0.2) is 0 Å². The van der Waals surface area contributed by atoms with Gasteiger partial charge in [0.25, 0.3) is 0 Å². The molecule has 0 atom stereocenters. The third kappa shape index (κ3) is 3.69. The van der Waals surface area contributed by atoms with Gasteiger partial charge in [-0.3, -0.25) is 0 Å². The van der Waals surface area contributed by atoms with E-state index in [1.165, 1.54) is 29.3 Å². The summed E-state index contributed by atoms with van der Waals surface area (Å²) in [6.45, 7) is 0.815. The van der Waals surface area contributed by atoms with Crippen LogP contribution in [0.3, 0.4) is 0 Å². The molecular weight excluding hydrogens is 346 g/mol.